The summed E-state index contributed by atoms with van der Waals surface area (Å²) in [6.07, 6.45) is 2.00. The number of amides is 1. The van der Waals surface area contributed by atoms with Gasteiger partial charge in [0, 0.05) is 30.9 Å². The maximum atomic E-state index is 12.9. The zero-order chi connectivity index (χ0) is 17.8. The molecule has 6 nitrogen and oxygen atoms in total. The summed E-state index contributed by atoms with van der Waals surface area (Å²) in [4.78, 5) is 28.6. The molecule has 0 spiro atoms. The van der Waals surface area contributed by atoms with E-state index in [9.17, 15) is 9.59 Å². The minimum atomic E-state index is -0.0841. The van der Waals surface area contributed by atoms with Crippen molar-refractivity contribution in [3.63, 3.8) is 0 Å². The Hall–Kier alpha value is -1.57. The van der Waals surface area contributed by atoms with E-state index in [1.54, 1.807) is 22.8 Å². The Morgan fingerprint density at radius 3 is 3.08 bits per heavy atom. The van der Waals surface area contributed by atoms with Gasteiger partial charge >= 0.3 is 0 Å². The zero-order valence-corrected chi connectivity index (χ0v) is 15.5. The number of hydrogen-bond donors (Lipinski definition) is 1. The van der Waals surface area contributed by atoms with E-state index in [1.807, 2.05) is 0 Å². The largest absolute Gasteiger partial charge is 0.376 e. The predicted octanol–water partition coefficient (Wildman–Crippen LogP) is 2.46. The average Bonchev–Trinajstić information content (AvgIpc) is 3.07. The second-order valence-corrected chi connectivity index (χ2v) is 7.44. The normalized spacial score (nSPS) is 17.1. The van der Waals surface area contributed by atoms with Crippen LogP contribution >= 0.6 is 23.4 Å². The van der Waals surface area contributed by atoms with E-state index in [4.69, 9.17) is 16.3 Å². The van der Waals surface area contributed by atoms with Crippen LogP contribution in [0.15, 0.2) is 28.2 Å². The topological polar surface area (TPSA) is 73.2 Å². The van der Waals surface area contributed by atoms with Gasteiger partial charge in [0.25, 0.3) is 5.56 Å². The molecule has 1 fully saturated rings. The standard InChI is InChI=1S/C17H20ClN3O3S/c1-11(22)19-6-8-25-17-20-15-9-12(18)4-5-14(15)16(23)21(17)10-13-3-2-7-24-13/h4-5,9,13H,2-3,6-8,10H2,1H3,(H,19,22)/t13-/m1/s1. The van der Waals surface area contributed by atoms with Crippen molar-refractivity contribution in [1.82, 2.24) is 14.9 Å². The monoisotopic (exact) mass is 381 g/mol. The van der Waals surface area contributed by atoms with E-state index in [0.717, 1.165) is 19.4 Å². The number of rotatable bonds is 6. The van der Waals surface area contributed by atoms with Crippen molar-refractivity contribution in [2.24, 2.45) is 0 Å². The summed E-state index contributed by atoms with van der Waals surface area (Å²) in [6, 6.07) is 5.12. The molecule has 1 N–H and O–H groups in total. The van der Waals surface area contributed by atoms with Gasteiger partial charge in [-0.25, -0.2) is 4.98 Å². The summed E-state index contributed by atoms with van der Waals surface area (Å²) in [5.41, 5.74) is 0.502. The van der Waals surface area contributed by atoms with Gasteiger partial charge in [-0.2, -0.15) is 0 Å². The third-order valence-electron chi connectivity index (χ3n) is 4.00. The first kappa shape index (κ1) is 18.2. The first-order chi connectivity index (χ1) is 12.0. The molecule has 1 aliphatic rings. The third-order valence-corrected chi connectivity index (χ3v) is 5.21. The quantitative estimate of drug-likeness (QED) is 0.472. The number of fused-ring (bicyclic) bond motifs is 1. The number of benzene rings is 1. The molecule has 25 heavy (non-hydrogen) atoms. The van der Waals surface area contributed by atoms with Crippen molar-refractivity contribution in [2.45, 2.75) is 37.6 Å². The molecule has 1 aliphatic heterocycles. The van der Waals surface area contributed by atoms with Crippen LogP contribution < -0.4 is 10.9 Å². The van der Waals surface area contributed by atoms with Gasteiger partial charge in [-0.3, -0.25) is 14.2 Å². The van der Waals surface area contributed by atoms with Crippen LogP contribution in [0.25, 0.3) is 10.9 Å². The molecule has 1 amide bonds. The molecule has 0 aliphatic carbocycles. The van der Waals surface area contributed by atoms with Crippen LogP contribution in [0.3, 0.4) is 0 Å². The number of thioether (sulfide) groups is 1. The van der Waals surface area contributed by atoms with Gasteiger partial charge in [0.15, 0.2) is 5.16 Å². The van der Waals surface area contributed by atoms with E-state index in [2.05, 4.69) is 10.3 Å². The number of halogens is 1. The molecular weight excluding hydrogens is 362 g/mol. The Bertz CT molecular complexity index is 834. The lowest BCUT2D eigenvalue weighted by molar-refractivity contribution is -0.118. The number of hydrogen-bond acceptors (Lipinski definition) is 5. The van der Waals surface area contributed by atoms with Crippen molar-refractivity contribution in [3.8, 4) is 0 Å². The highest BCUT2D eigenvalue weighted by Gasteiger charge is 2.20. The molecule has 134 valence electrons. The lowest BCUT2D eigenvalue weighted by Gasteiger charge is -2.16. The minimum Gasteiger partial charge on any atom is -0.376 e. The fourth-order valence-electron chi connectivity index (χ4n) is 2.81. The van der Waals surface area contributed by atoms with E-state index < -0.39 is 0 Å². The summed E-state index contributed by atoms with van der Waals surface area (Å²) in [7, 11) is 0. The fourth-order valence-corrected chi connectivity index (χ4v) is 3.84. The lowest BCUT2D eigenvalue weighted by atomic mass is 10.2. The van der Waals surface area contributed by atoms with Crippen LogP contribution in [0, 0.1) is 0 Å². The number of aromatic nitrogens is 2. The van der Waals surface area contributed by atoms with E-state index in [-0.39, 0.29) is 17.6 Å². The van der Waals surface area contributed by atoms with E-state index in [1.165, 1.54) is 18.7 Å². The first-order valence-corrected chi connectivity index (χ1v) is 9.60. The highest BCUT2D eigenvalue weighted by molar-refractivity contribution is 7.99. The van der Waals surface area contributed by atoms with Gasteiger partial charge in [0.2, 0.25) is 5.91 Å². The van der Waals surface area contributed by atoms with Gasteiger partial charge in [-0.1, -0.05) is 23.4 Å². The fraction of sp³-hybridized carbons (Fsp3) is 0.471. The summed E-state index contributed by atoms with van der Waals surface area (Å²) in [6.45, 7) is 3.23. The van der Waals surface area contributed by atoms with Gasteiger partial charge < -0.3 is 10.1 Å². The Morgan fingerprint density at radius 2 is 2.36 bits per heavy atom. The van der Waals surface area contributed by atoms with Gasteiger partial charge in [0.1, 0.15) is 0 Å². The number of nitrogens with zero attached hydrogens (tertiary/aromatic N) is 2. The molecule has 8 heteroatoms. The molecule has 1 atom stereocenters. The van der Waals surface area contributed by atoms with E-state index >= 15 is 0 Å². The van der Waals surface area contributed by atoms with Crippen molar-refractivity contribution in [2.75, 3.05) is 18.9 Å². The van der Waals surface area contributed by atoms with Crippen molar-refractivity contribution in [1.29, 1.82) is 0 Å². The molecule has 1 aromatic carbocycles. The third kappa shape index (κ3) is 4.54. The van der Waals surface area contributed by atoms with Crippen LogP contribution in [-0.2, 0) is 16.1 Å². The Balaban J connectivity index is 1.92. The van der Waals surface area contributed by atoms with Crippen LogP contribution in [-0.4, -0.2) is 40.5 Å². The maximum absolute atomic E-state index is 12.9. The SMILES string of the molecule is CC(=O)NCCSc1nc2cc(Cl)ccc2c(=O)n1C[C@H]1CCCO1. The molecule has 1 aromatic heterocycles. The summed E-state index contributed by atoms with van der Waals surface area (Å²) < 4.78 is 7.37. The van der Waals surface area contributed by atoms with Gasteiger partial charge in [-0.15, -0.1) is 0 Å². The number of carbonyl (C=O) groups is 1. The molecular formula is C17H20ClN3O3S. The minimum absolute atomic E-state index is 0.0407. The molecule has 0 radical (unpaired) electrons. The first-order valence-electron chi connectivity index (χ1n) is 8.23. The smallest absolute Gasteiger partial charge is 0.262 e. The van der Waals surface area contributed by atoms with Crippen molar-refractivity contribution < 1.29 is 9.53 Å². The van der Waals surface area contributed by atoms with Crippen LogP contribution in [0.1, 0.15) is 19.8 Å². The summed E-state index contributed by atoms with van der Waals surface area (Å²) in [5, 5.41) is 4.47. The number of nitrogens with one attached hydrogen (secondary N) is 1. The molecule has 0 saturated carbocycles. The summed E-state index contributed by atoms with van der Waals surface area (Å²) in [5.74, 6) is 0.555. The molecule has 1 saturated heterocycles. The zero-order valence-electron chi connectivity index (χ0n) is 14.0. The van der Waals surface area contributed by atoms with Gasteiger partial charge in [0.05, 0.1) is 23.6 Å². The Morgan fingerprint density at radius 1 is 1.52 bits per heavy atom. The van der Waals surface area contributed by atoms with Crippen LogP contribution in [0.4, 0.5) is 0 Å². The molecule has 2 aromatic rings. The van der Waals surface area contributed by atoms with Crippen molar-refractivity contribution >= 4 is 40.2 Å². The summed E-state index contributed by atoms with van der Waals surface area (Å²) >= 11 is 7.48. The second-order valence-electron chi connectivity index (χ2n) is 5.94. The molecule has 0 bridgehead atoms. The average molecular weight is 382 g/mol. The Labute approximate surface area is 154 Å². The molecule has 0 unspecified atom stereocenters. The van der Waals surface area contributed by atoms with Crippen LogP contribution in [0.5, 0.6) is 0 Å². The van der Waals surface area contributed by atoms with Gasteiger partial charge in [-0.05, 0) is 31.0 Å². The lowest BCUT2D eigenvalue weighted by Crippen LogP contribution is -2.29. The maximum Gasteiger partial charge on any atom is 0.262 e. The predicted molar refractivity (Wildman–Crippen MR) is 99.4 cm³/mol. The van der Waals surface area contributed by atoms with Crippen LogP contribution in [0.2, 0.25) is 5.02 Å². The number of carbonyl (C=O) groups excluding carboxylic acids is 1. The molecule has 2 heterocycles. The number of ether oxygens (including phenoxy) is 1. The highest BCUT2D eigenvalue weighted by Crippen LogP contribution is 2.22. The second kappa shape index (κ2) is 8.21. The highest BCUT2D eigenvalue weighted by atomic mass is 35.5. The van der Waals surface area contributed by atoms with Crippen molar-refractivity contribution in [3.05, 3.63) is 33.6 Å². The van der Waals surface area contributed by atoms with E-state index in [0.29, 0.717) is 39.9 Å². The molecule has 3 rings (SSSR count). The Kier molecular flexibility index (Phi) is 5.98.